The standard InChI is InChI=1S/C14H15O2PS/c1-15-11-3-7-13(8-4-11)17(18)14-9-5-12(16-2)6-10-14/h3-10,17H,1-2H3. The Balaban J connectivity index is 2.23. The maximum atomic E-state index is 5.65. The lowest BCUT2D eigenvalue weighted by Crippen LogP contribution is -2.05. The van der Waals surface area contributed by atoms with E-state index < -0.39 is 6.70 Å². The number of methoxy groups -OCH3 is 2. The molecule has 2 nitrogen and oxygen atoms in total. The lowest BCUT2D eigenvalue weighted by Gasteiger charge is -2.08. The normalized spacial score (nSPS) is 10.4. The van der Waals surface area contributed by atoms with E-state index >= 15 is 0 Å². The van der Waals surface area contributed by atoms with Crippen molar-refractivity contribution in [3.63, 3.8) is 0 Å². The number of hydrogen-bond donors (Lipinski definition) is 0. The van der Waals surface area contributed by atoms with Gasteiger partial charge in [-0.25, -0.2) is 0 Å². The summed E-state index contributed by atoms with van der Waals surface area (Å²) in [4.78, 5) is 0. The highest BCUT2D eigenvalue weighted by Gasteiger charge is 2.03. The monoisotopic (exact) mass is 278 g/mol. The van der Waals surface area contributed by atoms with Crippen LogP contribution in [0.2, 0.25) is 0 Å². The third kappa shape index (κ3) is 2.92. The highest BCUT2D eigenvalue weighted by Crippen LogP contribution is 2.22. The lowest BCUT2D eigenvalue weighted by atomic mass is 10.3. The van der Waals surface area contributed by atoms with E-state index in [9.17, 15) is 0 Å². The van der Waals surface area contributed by atoms with E-state index in [2.05, 4.69) is 0 Å². The topological polar surface area (TPSA) is 18.5 Å². The quantitative estimate of drug-likeness (QED) is 0.800. The Kier molecular flexibility index (Phi) is 4.40. The molecular weight excluding hydrogens is 263 g/mol. The van der Waals surface area contributed by atoms with Gasteiger partial charge in [0.05, 0.1) is 14.2 Å². The van der Waals surface area contributed by atoms with Crippen LogP contribution >= 0.6 is 6.70 Å². The van der Waals surface area contributed by atoms with E-state index in [0.717, 1.165) is 11.5 Å². The van der Waals surface area contributed by atoms with Gasteiger partial charge in [-0.1, -0.05) is 36.1 Å². The maximum Gasteiger partial charge on any atom is 0.118 e. The summed E-state index contributed by atoms with van der Waals surface area (Å²) >= 11 is 5.65. The predicted octanol–water partition coefficient (Wildman–Crippen LogP) is 2.33. The summed E-state index contributed by atoms with van der Waals surface area (Å²) < 4.78 is 10.3. The summed E-state index contributed by atoms with van der Waals surface area (Å²) in [6.07, 6.45) is 0. The first-order valence-electron chi connectivity index (χ1n) is 5.57. The Labute approximate surface area is 113 Å². The molecule has 94 valence electrons. The fraction of sp³-hybridized carbons (Fsp3) is 0.143. The summed E-state index contributed by atoms with van der Waals surface area (Å²) in [6.45, 7) is -1.12. The summed E-state index contributed by atoms with van der Waals surface area (Å²) in [5, 5.41) is 2.39. The van der Waals surface area contributed by atoms with E-state index in [1.54, 1.807) is 14.2 Å². The number of rotatable bonds is 4. The molecule has 0 aliphatic rings. The molecule has 18 heavy (non-hydrogen) atoms. The fourth-order valence-corrected chi connectivity index (χ4v) is 3.74. The number of ether oxygens (including phenoxy) is 2. The van der Waals surface area contributed by atoms with Crippen LogP contribution in [0.4, 0.5) is 0 Å². The van der Waals surface area contributed by atoms with Crippen LogP contribution in [-0.2, 0) is 11.8 Å². The van der Waals surface area contributed by atoms with Crippen LogP contribution in [-0.4, -0.2) is 14.2 Å². The van der Waals surface area contributed by atoms with Gasteiger partial charge in [-0.3, -0.25) is 0 Å². The molecule has 0 heterocycles. The SMILES string of the molecule is COc1ccc([PH](=S)c2ccc(OC)cc2)cc1. The van der Waals surface area contributed by atoms with Gasteiger partial charge in [0.25, 0.3) is 0 Å². The molecule has 2 aromatic rings. The summed E-state index contributed by atoms with van der Waals surface area (Å²) in [5.74, 6) is 1.72. The molecular formula is C14H15O2PS. The lowest BCUT2D eigenvalue weighted by molar-refractivity contribution is 0.415. The maximum absolute atomic E-state index is 5.65. The van der Waals surface area contributed by atoms with Gasteiger partial charge in [0.2, 0.25) is 0 Å². The minimum absolute atomic E-state index is 0.860. The molecule has 0 aromatic heterocycles. The Morgan fingerprint density at radius 2 is 1.06 bits per heavy atom. The smallest absolute Gasteiger partial charge is 0.118 e. The molecule has 0 bridgehead atoms. The Morgan fingerprint density at radius 1 is 0.722 bits per heavy atom. The minimum Gasteiger partial charge on any atom is -0.497 e. The molecule has 2 aromatic carbocycles. The van der Waals surface area contributed by atoms with Crippen molar-refractivity contribution in [2.75, 3.05) is 14.2 Å². The fourth-order valence-electron chi connectivity index (χ4n) is 1.65. The first-order valence-corrected chi connectivity index (χ1v) is 8.20. The van der Waals surface area contributed by atoms with Crippen LogP contribution in [0.25, 0.3) is 0 Å². The van der Waals surface area contributed by atoms with Gasteiger partial charge in [-0.05, 0) is 41.6 Å². The second-order valence-corrected chi connectivity index (χ2v) is 6.82. The van der Waals surface area contributed by atoms with Crippen molar-refractivity contribution in [2.45, 2.75) is 0 Å². The van der Waals surface area contributed by atoms with Gasteiger partial charge in [0.15, 0.2) is 0 Å². The van der Waals surface area contributed by atoms with E-state index in [-0.39, 0.29) is 0 Å². The van der Waals surface area contributed by atoms with Crippen molar-refractivity contribution >= 4 is 29.1 Å². The van der Waals surface area contributed by atoms with Crippen LogP contribution < -0.4 is 20.1 Å². The van der Waals surface area contributed by atoms with E-state index in [0.29, 0.717) is 0 Å². The summed E-state index contributed by atoms with van der Waals surface area (Å²) in [6, 6.07) is 16.0. The molecule has 2 rings (SSSR count). The zero-order chi connectivity index (χ0) is 13.0. The second kappa shape index (κ2) is 6.03. The summed E-state index contributed by atoms with van der Waals surface area (Å²) in [5.41, 5.74) is 0. The van der Waals surface area contributed by atoms with Crippen molar-refractivity contribution in [1.29, 1.82) is 0 Å². The predicted molar refractivity (Wildman–Crippen MR) is 80.9 cm³/mol. The Hall–Kier alpha value is -1.31. The van der Waals surface area contributed by atoms with Gasteiger partial charge < -0.3 is 9.47 Å². The Morgan fingerprint density at radius 3 is 1.33 bits per heavy atom. The molecule has 0 aliphatic carbocycles. The van der Waals surface area contributed by atoms with Crippen LogP contribution in [0.3, 0.4) is 0 Å². The van der Waals surface area contributed by atoms with Crippen molar-refractivity contribution in [1.82, 2.24) is 0 Å². The Bertz CT molecular complexity index is 485. The van der Waals surface area contributed by atoms with Gasteiger partial charge in [-0.15, -0.1) is 0 Å². The first-order chi connectivity index (χ1) is 8.74. The number of benzene rings is 2. The third-order valence-electron chi connectivity index (χ3n) is 2.70. The molecule has 0 radical (unpaired) electrons. The van der Waals surface area contributed by atoms with Crippen LogP contribution in [0, 0.1) is 0 Å². The zero-order valence-electron chi connectivity index (χ0n) is 10.3. The van der Waals surface area contributed by atoms with Crippen molar-refractivity contribution in [2.24, 2.45) is 0 Å². The van der Waals surface area contributed by atoms with Gasteiger partial charge in [-0.2, -0.15) is 0 Å². The molecule has 0 amide bonds. The van der Waals surface area contributed by atoms with E-state index in [1.165, 1.54) is 10.6 Å². The van der Waals surface area contributed by atoms with Crippen molar-refractivity contribution in [3.8, 4) is 11.5 Å². The summed E-state index contributed by atoms with van der Waals surface area (Å²) in [7, 11) is 3.33. The molecule has 4 heteroatoms. The molecule has 0 unspecified atom stereocenters. The molecule has 0 saturated carbocycles. The first kappa shape index (κ1) is 13.1. The van der Waals surface area contributed by atoms with Crippen LogP contribution in [0.1, 0.15) is 0 Å². The van der Waals surface area contributed by atoms with Crippen molar-refractivity contribution < 1.29 is 9.47 Å². The highest BCUT2D eigenvalue weighted by molar-refractivity contribution is 8.12. The molecule has 0 aliphatic heterocycles. The van der Waals surface area contributed by atoms with Crippen molar-refractivity contribution in [3.05, 3.63) is 48.5 Å². The average molecular weight is 278 g/mol. The zero-order valence-corrected chi connectivity index (χ0v) is 12.2. The molecule has 0 fully saturated rings. The van der Waals surface area contributed by atoms with E-state index in [1.807, 2.05) is 48.5 Å². The number of hydrogen-bond acceptors (Lipinski definition) is 3. The third-order valence-corrected chi connectivity index (χ3v) is 5.83. The molecule has 0 saturated heterocycles. The molecule has 0 spiro atoms. The van der Waals surface area contributed by atoms with Crippen LogP contribution in [0.5, 0.6) is 11.5 Å². The largest absolute Gasteiger partial charge is 0.497 e. The minimum atomic E-state index is -1.12. The van der Waals surface area contributed by atoms with Gasteiger partial charge in [0.1, 0.15) is 11.5 Å². The van der Waals surface area contributed by atoms with Gasteiger partial charge in [0, 0.05) is 0 Å². The second-order valence-electron chi connectivity index (χ2n) is 3.79. The molecule has 0 N–H and O–H groups in total. The van der Waals surface area contributed by atoms with Gasteiger partial charge >= 0.3 is 0 Å². The average Bonchev–Trinajstić information content (AvgIpc) is 2.47. The van der Waals surface area contributed by atoms with Crippen LogP contribution in [0.15, 0.2) is 48.5 Å². The molecule has 0 atom stereocenters. The highest BCUT2D eigenvalue weighted by atomic mass is 32.4. The van der Waals surface area contributed by atoms with E-state index in [4.69, 9.17) is 21.3 Å².